The molecule has 0 spiro atoms. The molecule has 2 aliphatic carbocycles. The number of aliphatic hydroxyl groups is 2. The lowest BCUT2D eigenvalue weighted by Gasteiger charge is -2.62. The second-order valence-electron chi connectivity index (χ2n) is 7.77. The molecule has 6 nitrogen and oxygen atoms in total. The summed E-state index contributed by atoms with van der Waals surface area (Å²) >= 11 is 0. The highest BCUT2D eigenvalue weighted by atomic mass is 32.3. The third-order valence-corrected chi connectivity index (χ3v) is 7.39. The zero-order chi connectivity index (χ0) is 16.3. The topological polar surface area (TPSA) is 93.1 Å². The molecule has 2 saturated carbocycles. The van der Waals surface area contributed by atoms with E-state index in [1.54, 1.807) is 0 Å². The van der Waals surface area contributed by atoms with E-state index in [1.165, 1.54) is 0 Å². The van der Waals surface area contributed by atoms with Gasteiger partial charge in [-0.2, -0.15) is 8.42 Å². The van der Waals surface area contributed by atoms with E-state index in [0.717, 1.165) is 12.8 Å². The van der Waals surface area contributed by atoms with Crippen molar-refractivity contribution in [3.8, 4) is 0 Å². The van der Waals surface area contributed by atoms with E-state index in [9.17, 15) is 18.6 Å². The normalized spacial score (nSPS) is 51.9. The van der Waals surface area contributed by atoms with Crippen LogP contribution in [0.4, 0.5) is 0 Å². The molecule has 0 amide bonds. The molecule has 128 valence electrons. The van der Waals surface area contributed by atoms with Crippen LogP contribution >= 0.6 is 0 Å². The summed E-state index contributed by atoms with van der Waals surface area (Å²) in [6, 6.07) is 0. The fourth-order valence-electron chi connectivity index (χ4n) is 5.10. The van der Waals surface area contributed by atoms with Gasteiger partial charge in [-0.1, -0.05) is 13.8 Å². The Labute approximate surface area is 132 Å². The molecule has 22 heavy (non-hydrogen) atoms. The van der Waals surface area contributed by atoms with E-state index >= 15 is 0 Å². The summed E-state index contributed by atoms with van der Waals surface area (Å²) in [5.41, 5.74) is -1.26. The molecular formula is C15H26O6S. The van der Waals surface area contributed by atoms with E-state index in [2.05, 4.69) is 0 Å². The third kappa shape index (κ3) is 2.33. The van der Waals surface area contributed by atoms with Gasteiger partial charge in [0, 0.05) is 17.9 Å². The van der Waals surface area contributed by atoms with Gasteiger partial charge in [0.15, 0.2) is 0 Å². The molecular weight excluding hydrogens is 308 g/mol. The molecule has 3 fully saturated rings. The largest absolute Gasteiger partial charge is 0.400 e. The van der Waals surface area contributed by atoms with Gasteiger partial charge in [-0.25, -0.2) is 8.37 Å². The summed E-state index contributed by atoms with van der Waals surface area (Å²) in [6.45, 7) is 5.74. The minimum Gasteiger partial charge on any atom is -0.396 e. The zero-order valence-corrected chi connectivity index (χ0v) is 14.2. The standard InChI is InChI=1S/C15H26O6S/c1-9(8-16)10-4-6-14(2)11(17)5-7-15(3)13(14)12(10)20-22(18,19)21-15/h9-13,16-17H,4-8H2,1-3H3/t9-,10+,11-,12+,13-,14+,15-/m1/s1. The lowest BCUT2D eigenvalue weighted by Crippen LogP contribution is -2.67. The highest BCUT2D eigenvalue weighted by Crippen LogP contribution is 2.60. The van der Waals surface area contributed by atoms with Crippen LogP contribution in [-0.2, 0) is 18.8 Å². The van der Waals surface area contributed by atoms with Crippen molar-refractivity contribution in [2.75, 3.05) is 6.61 Å². The first-order chi connectivity index (χ1) is 10.1. The molecule has 0 bridgehead atoms. The minimum atomic E-state index is -4.04. The van der Waals surface area contributed by atoms with E-state index in [-0.39, 0.29) is 24.4 Å². The summed E-state index contributed by atoms with van der Waals surface area (Å²) in [5, 5.41) is 20.0. The van der Waals surface area contributed by atoms with Gasteiger partial charge >= 0.3 is 10.4 Å². The average Bonchev–Trinajstić information content (AvgIpc) is 2.41. The molecule has 2 N–H and O–H groups in total. The van der Waals surface area contributed by atoms with E-state index in [4.69, 9.17) is 8.37 Å². The van der Waals surface area contributed by atoms with E-state index in [1.807, 2.05) is 20.8 Å². The van der Waals surface area contributed by atoms with Crippen LogP contribution in [0.5, 0.6) is 0 Å². The Morgan fingerprint density at radius 1 is 1.27 bits per heavy atom. The summed E-state index contributed by atoms with van der Waals surface area (Å²) in [4.78, 5) is 0. The van der Waals surface area contributed by atoms with Crippen molar-refractivity contribution in [2.45, 2.75) is 64.3 Å². The fourth-order valence-corrected chi connectivity index (χ4v) is 6.32. The highest BCUT2D eigenvalue weighted by molar-refractivity contribution is 7.82. The van der Waals surface area contributed by atoms with Gasteiger partial charge in [-0.05, 0) is 44.4 Å². The Balaban J connectivity index is 2.07. The smallest absolute Gasteiger partial charge is 0.396 e. The molecule has 7 heteroatoms. The Kier molecular flexibility index (Phi) is 3.89. The first kappa shape index (κ1) is 16.6. The van der Waals surface area contributed by atoms with Crippen LogP contribution < -0.4 is 0 Å². The van der Waals surface area contributed by atoms with E-state index < -0.39 is 33.6 Å². The Morgan fingerprint density at radius 2 is 1.95 bits per heavy atom. The maximum atomic E-state index is 12.1. The molecule has 0 unspecified atom stereocenters. The van der Waals surface area contributed by atoms with Crippen LogP contribution in [0.2, 0.25) is 0 Å². The van der Waals surface area contributed by atoms with Crippen LogP contribution in [0.25, 0.3) is 0 Å². The van der Waals surface area contributed by atoms with Crippen molar-refractivity contribution in [2.24, 2.45) is 23.2 Å². The maximum Gasteiger partial charge on any atom is 0.400 e. The predicted octanol–water partition coefficient (Wildman–Crippen LogP) is 1.22. The van der Waals surface area contributed by atoms with Crippen molar-refractivity contribution in [1.29, 1.82) is 0 Å². The molecule has 1 heterocycles. The van der Waals surface area contributed by atoms with Gasteiger partial charge in [0.1, 0.15) is 0 Å². The lowest BCUT2D eigenvalue weighted by molar-refractivity contribution is -0.228. The van der Waals surface area contributed by atoms with Crippen molar-refractivity contribution < 1.29 is 27.0 Å². The predicted molar refractivity (Wildman–Crippen MR) is 79.1 cm³/mol. The molecule has 0 aromatic carbocycles. The summed E-state index contributed by atoms with van der Waals surface area (Å²) in [6.07, 6.45) is 1.53. The van der Waals surface area contributed by atoms with Crippen LogP contribution in [0.3, 0.4) is 0 Å². The quantitative estimate of drug-likeness (QED) is 0.789. The second kappa shape index (κ2) is 5.14. The van der Waals surface area contributed by atoms with Crippen LogP contribution in [0.1, 0.15) is 46.5 Å². The van der Waals surface area contributed by atoms with Gasteiger partial charge in [0.05, 0.1) is 17.8 Å². The van der Waals surface area contributed by atoms with Gasteiger partial charge in [-0.3, -0.25) is 0 Å². The molecule has 1 saturated heterocycles. The van der Waals surface area contributed by atoms with Gasteiger partial charge in [0.25, 0.3) is 0 Å². The van der Waals surface area contributed by atoms with E-state index in [0.29, 0.717) is 12.8 Å². The monoisotopic (exact) mass is 334 g/mol. The molecule has 3 aliphatic rings. The fraction of sp³-hybridized carbons (Fsp3) is 1.00. The summed E-state index contributed by atoms with van der Waals surface area (Å²) < 4.78 is 34.9. The number of rotatable bonds is 2. The first-order valence-electron chi connectivity index (χ1n) is 8.06. The summed E-state index contributed by atoms with van der Waals surface area (Å²) in [5.74, 6) is -0.294. The lowest BCUT2D eigenvalue weighted by atomic mass is 9.50. The highest BCUT2D eigenvalue weighted by Gasteiger charge is 2.65. The summed E-state index contributed by atoms with van der Waals surface area (Å²) in [7, 11) is -4.04. The van der Waals surface area contributed by atoms with Gasteiger partial charge in [0.2, 0.25) is 0 Å². The Bertz CT molecular complexity index is 548. The van der Waals surface area contributed by atoms with Gasteiger partial charge < -0.3 is 10.2 Å². The number of hydrogen-bond acceptors (Lipinski definition) is 6. The molecule has 0 aromatic rings. The Morgan fingerprint density at radius 3 is 2.59 bits per heavy atom. The zero-order valence-electron chi connectivity index (χ0n) is 13.4. The first-order valence-corrected chi connectivity index (χ1v) is 9.39. The van der Waals surface area contributed by atoms with Gasteiger partial charge in [-0.15, -0.1) is 0 Å². The van der Waals surface area contributed by atoms with Crippen LogP contribution in [-0.4, -0.2) is 43.0 Å². The Hall–Kier alpha value is -0.210. The van der Waals surface area contributed by atoms with Crippen molar-refractivity contribution >= 4 is 10.4 Å². The number of hydrogen-bond donors (Lipinski definition) is 2. The minimum absolute atomic E-state index is 0.00582. The molecule has 3 rings (SSSR count). The third-order valence-electron chi connectivity index (χ3n) is 6.35. The van der Waals surface area contributed by atoms with Crippen molar-refractivity contribution in [3.05, 3.63) is 0 Å². The average molecular weight is 334 g/mol. The molecule has 0 radical (unpaired) electrons. The molecule has 1 aliphatic heterocycles. The van der Waals surface area contributed by atoms with Crippen molar-refractivity contribution in [1.82, 2.24) is 0 Å². The molecule has 0 aromatic heterocycles. The van der Waals surface area contributed by atoms with Crippen LogP contribution in [0, 0.1) is 23.2 Å². The SMILES string of the molecule is C[C@H](CO)[C@@H]1CC[C@@]2(C)[C@H](O)CC[C@@]3(C)OS(=O)(=O)O[C@@H]1[C@H]23. The van der Waals surface area contributed by atoms with Crippen molar-refractivity contribution in [3.63, 3.8) is 0 Å². The maximum absolute atomic E-state index is 12.1. The second-order valence-corrected chi connectivity index (χ2v) is 8.94. The number of aliphatic hydroxyl groups excluding tert-OH is 2. The van der Waals surface area contributed by atoms with Crippen LogP contribution in [0.15, 0.2) is 0 Å². The molecule has 7 atom stereocenters.